The summed E-state index contributed by atoms with van der Waals surface area (Å²) in [5.74, 6) is 1.22. The van der Waals surface area contributed by atoms with E-state index in [-0.39, 0.29) is 10.9 Å². The summed E-state index contributed by atoms with van der Waals surface area (Å²) in [6.45, 7) is 1.95. The van der Waals surface area contributed by atoms with E-state index in [2.05, 4.69) is 10.3 Å². The predicted octanol–water partition coefficient (Wildman–Crippen LogP) is 2.12. The molecule has 0 aliphatic rings. The van der Waals surface area contributed by atoms with Gasteiger partial charge in [-0.2, -0.15) is 0 Å². The third kappa shape index (κ3) is 3.57. The molecule has 0 saturated heterocycles. The fraction of sp³-hybridized carbons (Fsp3) is 0.308. The van der Waals surface area contributed by atoms with Gasteiger partial charge in [-0.15, -0.1) is 0 Å². The first kappa shape index (κ1) is 13.6. The lowest BCUT2D eigenvalue weighted by atomic mass is 10.2. The second kappa shape index (κ2) is 5.44. The number of anilines is 1. The van der Waals surface area contributed by atoms with Crippen LogP contribution in [0.4, 0.5) is 5.82 Å². The van der Waals surface area contributed by atoms with Crippen molar-refractivity contribution in [3.8, 4) is 0 Å². The van der Waals surface area contributed by atoms with Crippen LogP contribution >= 0.6 is 0 Å². The molecule has 1 N–H and O–H groups in total. The van der Waals surface area contributed by atoms with Crippen molar-refractivity contribution in [1.82, 2.24) is 4.98 Å². The summed E-state index contributed by atoms with van der Waals surface area (Å²) in [6, 6.07) is 6.88. The van der Waals surface area contributed by atoms with Crippen LogP contribution in [0.5, 0.6) is 0 Å². The van der Waals surface area contributed by atoms with E-state index in [0.717, 1.165) is 5.76 Å². The van der Waals surface area contributed by atoms with Gasteiger partial charge in [-0.3, -0.25) is 0 Å². The summed E-state index contributed by atoms with van der Waals surface area (Å²) < 4.78 is 28.6. The molecular weight excluding hydrogens is 264 g/mol. The number of hydrogen-bond donors (Lipinski definition) is 1. The van der Waals surface area contributed by atoms with Crippen LogP contribution in [0, 0.1) is 0 Å². The van der Waals surface area contributed by atoms with Gasteiger partial charge in [0.2, 0.25) is 0 Å². The Labute approximate surface area is 112 Å². The first-order chi connectivity index (χ1) is 8.97. The van der Waals surface area contributed by atoms with Crippen LogP contribution < -0.4 is 5.32 Å². The first-order valence-corrected chi connectivity index (χ1v) is 7.80. The van der Waals surface area contributed by atoms with Gasteiger partial charge in [-0.1, -0.05) is 0 Å². The summed E-state index contributed by atoms with van der Waals surface area (Å²) >= 11 is 0. The molecule has 2 aromatic rings. The molecule has 0 aromatic carbocycles. The molecule has 0 aliphatic carbocycles. The zero-order chi connectivity index (χ0) is 13.9. The molecule has 2 rings (SSSR count). The summed E-state index contributed by atoms with van der Waals surface area (Å²) in [6.07, 6.45) is 5.01. The summed E-state index contributed by atoms with van der Waals surface area (Å²) in [5.41, 5.74) is 0. The zero-order valence-electron chi connectivity index (χ0n) is 10.8. The maximum absolute atomic E-state index is 11.7. The van der Waals surface area contributed by atoms with Crippen molar-refractivity contribution in [2.24, 2.45) is 0 Å². The molecule has 1 atom stereocenters. The average molecular weight is 280 g/mol. The lowest BCUT2D eigenvalue weighted by Crippen LogP contribution is -2.20. The molecule has 0 amide bonds. The highest BCUT2D eigenvalue weighted by atomic mass is 32.2. The molecule has 6 heteroatoms. The number of sulfone groups is 1. The van der Waals surface area contributed by atoms with Crippen molar-refractivity contribution in [2.45, 2.75) is 24.3 Å². The van der Waals surface area contributed by atoms with Gasteiger partial charge in [-0.05, 0) is 31.2 Å². The molecule has 102 valence electrons. The van der Waals surface area contributed by atoms with E-state index in [9.17, 15) is 8.42 Å². The highest BCUT2D eigenvalue weighted by molar-refractivity contribution is 7.90. The lowest BCUT2D eigenvalue weighted by molar-refractivity contribution is 0.497. The van der Waals surface area contributed by atoms with Crippen molar-refractivity contribution in [1.29, 1.82) is 0 Å². The van der Waals surface area contributed by atoms with Crippen LogP contribution in [-0.4, -0.2) is 25.7 Å². The van der Waals surface area contributed by atoms with E-state index < -0.39 is 9.84 Å². The van der Waals surface area contributed by atoms with E-state index in [4.69, 9.17) is 4.42 Å². The van der Waals surface area contributed by atoms with Gasteiger partial charge in [-0.25, -0.2) is 13.4 Å². The molecule has 0 spiro atoms. The minimum atomic E-state index is -3.29. The van der Waals surface area contributed by atoms with E-state index in [1.54, 1.807) is 24.6 Å². The number of rotatable bonds is 5. The van der Waals surface area contributed by atoms with Crippen molar-refractivity contribution in [3.63, 3.8) is 0 Å². The number of pyridine rings is 1. The normalized spacial score (nSPS) is 13.2. The maximum atomic E-state index is 11.7. The monoisotopic (exact) mass is 280 g/mol. The predicted molar refractivity (Wildman–Crippen MR) is 72.8 cm³/mol. The number of nitrogens with one attached hydrogen (secondary N) is 1. The maximum Gasteiger partial charge on any atom is 0.179 e. The second-order valence-corrected chi connectivity index (χ2v) is 6.44. The lowest BCUT2D eigenvalue weighted by Gasteiger charge is -2.15. The standard InChI is InChI=1S/C13H16N2O3S/c1-10(9-11-5-4-8-18-11)15-13-12(19(2,16)17)6-3-7-14-13/h3-8,10H,9H2,1-2H3,(H,14,15). The quantitative estimate of drug-likeness (QED) is 0.908. The van der Waals surface area contributed by atoms with Crippen molar-refractivity contribution in [3.05, 3.63) is 42.5 Å². The summed E-state index contributed by atoms with van der Waals surface area (Å²) in [4.78, 5) is 4.30. The molecule has 1 unspecified atom stereocenters. The van der Waals surface area contributed by atoms with Crippen molar-refractivity contribution in [2.75, 3.05) is 11.6 Å². The number of furan rings is 1. The van der Waals surface area contributed by atoms with Gasteiger partial charge in [0.1, 0.15) is 16.5 Å². The van der Waals surface area contributed by atoms with Crippen LogP contribution in [0.15, 0.2) is 46.0 Å². The van der Waals surface area contributed by atoms with Gasteiger partial charge in [0.15, 0.2) is 9.84 Å². The highest BCUT2D eigenvalue weighted by Gasteiger charge is 2.16. The molecule has 0 radical (unpaired) electrons. The molecule has 19 heavy (non-hydrogen) atoms. The van der Waals surface area contributed by atoms with E-state index in [1.807, 2.05) is 19.1 Å². The Kier molecular flexibility index (Phi) is 3.90. The minimum absolute atomic E-state index is 0.0153. The van der Waals surface area contributed by atoms with Crippen molar-refractivity contribution >= 4 is 15.7 Å². The Hall–Kier alpha value is -1.82. The number of hydrogen-bond acceptors (Lipinski definition) is 5. The highest BCUT2D eigenvalue weighted by Crippen LogP contribution is 2.19. The average Bonchev–Trinajstić information content (AvgIpc) is 2.81. The SMILES string of the molecule is CC(Cc1ccco1)Nc1ncccc1S(C)(=O)=O. The third-order valence-electron chi connectivity index (χ3n) is 2.64. The van der Waals surface area contributed by atoms with Crippen LogP contribution in [0.1, 0.15) is 12.7 Å². The summed E-state index contributed by atoms with van der Waals surface area (Å²) in [7, 11) is -3.29. The molecule has 0 fully saturated rings. The molecule has 0 saturated carbocycles. The fourth-order valence-corrected chi connectivity index (χ4v) is 2.60. The minimum Gasteiger partial charge on any atom is -0.469 e. The second-order valence-electron chi connectivity index (χ2n) is 4.45. The molecule has 0 bridgehead atoms. The van der Waals surface area contributed by atoms with Crippen LogP contribution in [0.3, 0.4) is 0 Å². The van der Waals surface area contributed by atoms with Gasteiger partial charge in [0.05, 0.1) is 6.26 Å². The Morgan fingerprint density at radius 3 is 2.79 bits per heavy atom. The summed E-state index contributed by atoms with van der Waals surface area (Å²) in [5, 5.41) is 3.11. The molecular formula is C13H16N2O3S. The van der Waals surface area contributed by atoms with E-state index >= 15 is 0 Å². The van der Waals surface area contributed by atoms with E-state index in [1.165, 1.54) is 6.26 Å². The molecule has 0 aliphatic heterocycles. The smallest absolute Gasteiger partial charge is 0.179 e. The van der Waals surface area contributed by atoms with Gasteiger partial charge in [0.25, 0.3) is 0 Å². The van der Waals surface area contributed by atoms with Gasteiger partial charge < -0.3 is 9.73 Å². The number of nitrogens with zero attached hydrogens (tertiary/aromatic N) is 1. The molecule has 5 nitrogen and oxygen atoms in total. The van der Waals surface area contributed by atoms with E-state index in [0.29, 0.717) is 12.2 Å². The number of aromatic nitrogens is 1. The fourth-order valence-electron chi connectivity index (χ4n) is 1.81. The van der Waals surface area contributed by atoms with Crippen molar-refractivity contribution < 1.29 is 12.8 Å². The Morgan fingerprint density at radius 1 is 1.37 bits per heavy atom. The Morgan fingerprint density at radius 2 is 2.16 bits per heavy atom. The largest absolute Gasteiger partial charge is 0.469 e. The van der Waals surface area contributed by atoms with Crippen LogP contribution in [-0.2, 0) is 16.3 Å². The molecule has 2 aromatic heterocycles. The topological polar surface area (TPSA) is 72.2 Å². The van der Waals surface area contributed by atoms with Gasteiger partial charge in [0, 0.05) is 24.9 Å². The third-order valence-corrected chi connectivity index (χ3v) is 3.77. The molecule has 2 heterocycles. The van der Waals surface area contributed by atoms with Crippen LogP contribution in [0.25, 0.3) is 0 Å². The van der Waals surface area contributed by atoms with Crippen LogP contribution in [0.2, 0.25) is 0 Å². The zero-order valence-corrected chi connectivity index (χ0v) is 11.6. The van der Waals surface area contributed by atoms with Gasteiger partial charge >= 0.3 is 0 Å². The Balaban J connectivity index is 2.15. The first-order valence-electron chi connectivity index (χ1n) is 5.91. The Bertz CT molecular complexity index is 636.